The van der Waals surface area contributed by atoms with Gasteiger partial charge in [0.05, 0.1) is 5.69 Å². The van der Waals surface area contributed by atoms with Crippen LogP contribution in [0.25, 0.3) is 0 Å². The largest absolute Gasteiger partial charge is 0.328 e. The first kappa shape index (κ1) is 12.6. The highest BCUT2D eigenvalue weighted by Gasteiger charge is 2.02. The fourth-order valence-corrected chi connectivity index (χ4v) is 2.52. The number of hydrogen-bond acceptors (Lipinski definition) is 2. The highest BCUT2D eigenvalue weighted by atomic mass is 32.2. The number of amides is 1. The van der Waals surface area contributed by atoms with Gasteiger partial charge in [0.15, 0.2) is 0 Å². The van der Waals surface area contributed by atoms with Crippen LogP contribution in [0.3, 0.4) is 0 Å². The summed E-state index contributed by atoms with van der Waals surface area (Å²) >= 11 is 1.56. The number of benzene rings is 2. The minimum Gasteiger partial charge on any atom is -0.328 e. The van der Waals surface area contributed by atoms with Gasteiger partial charge in [0.25, 0.3) is 0 Å². The summed E-state index contributed by atoms with van der Waals surface area (Å²) in [6.45, 7) is 0. The van der Waals surface area contributed by atoms with Crippen molar-refractivity contribution in [3.05, 3.63) is 59.9 Å². The first-order chi connectivity index (χ1) is 8.79. The molecular formula is C14H12FNOS. The lowest BCUT2D eigenvalue weighted by Gasteiger charge is -2.07. The van der Waals surface area contributed by atoms with Crippen LogP contribution in [0.2, 0.25) is 0 Å². The Kier molecular flexibility index (Phi) is 4.36. The summed E-state index contributed by atoms with van der Waals surface area (Å²) in [4.78, 5) is 11.4. The molecule has 2 nitrogen and oxygen atoms in total. The van der Waals surface area contributed by atoms with Crippen LogP contribution < -0.4 is 5.32 Å². The van der Waals surface area contributed by atoms with Crippen LogP contribution >= 0.6 is 11.8 Å². The van der Waals surface area contributed by atoms with E-state index in [1.54, 1.807) is 17.8 Å². The van der Waals surface area contributed by atoms with Gasteiger partial charge in [-0.05, 0) is 29.8 Å². The zero-order valence-corrected chi connectivity index (χ0v) is 10.4. The number of carbonyl (C=O) groups excluding carboxylic acids is 1. The van der Waals surface area contributed by atoms with Gasteiger partial charge in [-0.2, -0.15) is 0 Å². The molecule has 92 valence electrons. The number of thioether (sulfide) groups is 1. The number of anilines is 1. The molecule has 0 fully saturated rings. The lowest BCUT2D eigenvalue weighted by molar-refractivity contribution is -0.105. The van der Waals surface area contributed by atoms with Gasteiger partial charge in [0.1, 0.15) is 5.82 Å². The summed E-state index contributed by atoms with van der Waals surface area (Å²) in [7, 11) is 0. The number of carbonyl (C=O) groups is 1. The van der Waals surface area contributed by atoms with Crippen LogP contribution in [0.15, 0.2) is 53.4 Å². The average Bonchev–Trinajstić information content (AvgIpc) is 2.38. The van der Waals surface area contributed by atoms with Crippen molar-refractivity contribution in [2.24, 2.45) is 0 Å². The summed E-state index contributed by atoms with van der Waals surface area (Å²) in [6, 6.07) is 14.0. The Hall–Kier alpha value is -1.81. The highest BCUT2D eigenvalue weighted by Crippen LogP contribution is 2.29. The number of halogens is 1. The molecule has 4 heteroatoms. The average molecular weight is 261 g/mol. The smallest absolute Gasteiger partial charge is 0.211 e. The van der Waals surface area contributed by atoms with Crippen molar-refractivity contribution in [2.75, 3.05) is 5.32 Å². The van der Waals surface area contributed by atoms with Crippen LogP contribution in [-0.2, 0) is 10.5 Å². The lowest BCUT2D eigenvalue weighted by Crippen LogP contribution is -1.95. The van der Waals surface area contributed by atoms with Gasteiger partial charge in [-0.25, -0.2) is 4.39 Å². The molecule has 2 aromatic carbocycles. The van der Waals surface area contributed by atoms with Crippen LogP contribution in [0.1, 0.15) is 5.56 Å². The molecule has 0 aromatic heterocycles. The minimum absolute atomic E-state index is 0.229. The summed E-state index contributed by atoms with van der Waals surface area (Å²) in [5.74, 6) is 0.433. The number of nitrogens with one attached hydrogen (secondary N) is 1. The summed E-state index contributed by atoms with van der Waals surface area (Å²) in [5.41, 5.74) is 1.69. The predicted molar refractivity (Wildman–Crippen MR) is 72.1 cm³/mol. The highest BCUT2D eigenvalue weighted by molar-refractivity contribution is 7.98. The Morgan fingerprint density at radius 3 is 2.78 bits per heavy atom. The molecule has 2 aromatic rings. The van der Waals surface area contributed by atoms with Crippen molar-refractivity contribution in [1.82, 2.24) is 0 Å². The van der Waals surface area contributed by atoms with Crippen molar-refractivity contribution in [1.29, 1.82) is 0 Å². The second-order valence-corrected chi connectivity index (χ2v) is 4.69. The Morgan fingerprint density at radius 2 is 2.00 bits per heavy atom. The third-order valence-electron chi connectivity index (χ3n) is 2.38. The van der Waals surface area contributed by atoms with Crippen LogP contribution in [-0.4, -0.2) is 6.41 Å². The van der Waals surface area contributed by atoms with Crippen LogP contribution in [0.4, 0.5) is 10.1 Å². The molecular weight excluding hydrogens is 249 g/mol. The van der Waals surface area contributed by atoms with Gasteiger partial charge in [-0.3, -0.25) is 4.79 Å². The molecule has 0 unspecified atom stereocenters. The van der Waals surface area contributed by atoms with E-state index in [0.717, 1.165) is 16.1 Å². The van der Waals surface area contributed by atoms with E-state index in [1.165, 1.54) is 12.1 Å². The zero-order chi connectivity index (χ0) is 12.8. The maximum Gasteiger partial charge on any atom is 0.211 e. The Bertz CT molecular complexity index is 545. The van der Waals surface area contributed by atoms with E-state index < -0.39 is 0 Å². The summed E-state index contributed by atoms with van der Waals surface area (Å²) in [5, 5.41) is 2.65. The predicted octanol–water partition coefficient (Wildman–Crippen LogP) is 3.69. The first-order valence-electron chi connectivity index (χ1n) is 5.46. The molecule has 0 saturated heterocycles. The number of rotatable bonds is 5. The van der Waals surface area contributed by atoms with Crippen LogP contribution in [0, 0.1) is 5.82 Å². The maximum atomic E-state index is 13.0. The van der Waals surface area contributed by atoms with E-state index in [9.17, 15) is 9.18 Å². The Labute approximate surface area is 109 Å². The van der Waals surface area contributed by atoms with E-state index in [2.05, 4.69) is 5.32 Å². The van der Waals surface area contributed by atoms with Crippen molar-refractivity contribution in [3.63, 3.8) is 0 Å². The Morgan fingerprint density at radius 1 is 1.17 bits per heavy atom. The van der Waals surface area contributed by atoms with Crippen molar-refractivity contribution >= 4 is 23.9 Å². The SMILES string of the molecule is O=CNc1ccccc1SCc1cccc(F)c1. The molecule has 0 heterocycles. The van der Waals surface area contributed by atoms with E-state index in [-0.39, 0.29) is 5.82 Å². The topological polar surface area (TPSA) is 29.1 Å². The normalized spacial score (nSPS) is 10.1. The number of para-hydroxylation sites is 1. The fourth-order valence-electron chi connectivity index (χ4n) is 1.56. The Balaban J connectivity index is 2.08. The monoisotopic (exact) mass is 261 g/mol. The molecule has 2 rings (SSSR count). The molecule has 0 bridgehead atoms. The minimum atomic E-state index is -0.229. The van der Waals surface area contributed by atoms with Gasteiger partial charge < -0.3 is 5.32 Å². The van der Waals surface area contributed by atoms with E-state index in [1.807, 2.05) is 30.3 Å². The zero-order valence-electron chi connectivity index (χ0n) is 9.60. The third-order valence-corrected chi connectivity index (χ3v) is 3.53. The van der Waals surface area contributed by atoms with E-state index in [4.69, 9.17) is 0 Å². The first-order valence-corrected chi connectivity index (χ1v) is 6.44. The van der Waals surface area contributed by atoms with Gasteiger partial charge in [0, 0.05) is 10.6 Å². The molecule has 0 aliphatic rings. The molecule has 0 radical (unpaired) electrons. The third kappa shape index (κ3) is 3.34. The van der Waals surface area contributed by atoms with Gasteiger partial charge in [0.2, 0.25) is 6.41 Å². The van der Waals surface area contributed by atoms with Crippen LogP contribution in [0.5, 0.6) is 0 Å². The second-order valence-electron chi connectivity index (χ2n) is 3.68. The molecule has 18 heavy (non-hydrogen) atoms. The molecule has 0 aliphatic heterocycles. The number of hydrogen-bond donors (Lipinski definition) is 1. The second kappa shape index (κ2) is 6.21. The fraction of sp³-hybridized carbons (Fsp3) is 0.0714. The molecule has 0 aliphatic carbocycles. The van der Waals surface area contributed by atoms with Gasteiger partial charge >= 0.3 is 0 Å². The lowest BCUT2D eigenvalue weighted by atomic mass is 10.2. The molecule has 0 atom stereocenters. The van der Waals surface area contributed by atoms with E-state index in [0.29, 0.717) is 12.2 Å². The molecule has 1 N–H and O–H groups in total. The van der Waals surface area contributed by atoms with E-state index >= 15 is 0 Å². The quantitative estimate of drug-likeness (QED) is 0.657. The standard InChI is InChI=1S/C14H12FNOS/c15-12-5-3-4-11(8-12)9-18-14-7-2-1-6-13(14)16-10-17/h1-8,10H,9H2,(H,16,17). The molecule has 0 saturated carbocycles. The van der Waals surface area contributed by atoms with Crippen molar-refractivity contribution < 1.29 is 9.18 Å². The van der Waals surface area contributed by atoms with Crippen molar-refractivity contribution in [3.8, 4) is 0 Å². The van der Waals surface area contributed by atoms with Crippen molar-refractivity contribution in [2.45, 2.75) is 10.6 Å². The van der Waals surface area contributed by atoms with Gasteiger partial charge in [-0.15, -0.1) is 11.8 Å². The van der Waals surface area contributed by atoms with Gasteiger partial charge in [-0.1, -0.05) is 24.3 Å². The maximum absolute atomic E-state index is 13.0. The summed E-state index contributed by atoms with van der Waals surface area (Å²) in [6.07, 6.45) is 0.654. The summed E-state index contributed by atoms with van der Waals surface area (Å²) < 4.78 is 13.0. The molecule has 1 amide bonds. The molecule has 0 spiro atoms.